The molecule has 0 radical (unpaired) electrons. The van der Waals surface area contributed by atoms with E-state index in [0.29, 0.717) is 37.7 Å². The van der Waals surface area contributed by atoms with Crippen molar-refractivity contribution < 1.29 is 18.9 Å². The van der Waals surface area contributed by atoms with Crippen molar-refractivity contribution in [2.45, 2.75) is 33.4 Å². The van der Waals surface area contributed by atoms with E-state index in [1.54, 1.807) is 0 Å². The number of amides is 1. The molecule has 2 rings (SSSR count). The van der Waals surface area contributed by atoms with Crippen molar-refractivity contribution >= 4 is 27.7 Å². The van der Waals surface area contributed by atoms with Crippen LogP contribution < -0.4 is 25.8 Å². The summed E-state index contributed by atoms with van der Waals surface area (Å²) in [6.07, 6.45) is 0.0534. The molecule has 0 unspecified atom stereocenters. The minimum Gasteiger partial charge on any atom is -0.490 e. The predicted molar refractivity (Wildman–Crippen MR) is 104 cm³/mol. The van der Waals surface area contributed by atoms with Crippen LogP contribution in [0.15, 0.2) is 21.2 Å². The van der Waals surface area contributed by atoms with Gasteiger partial charge in [0, 0.05) is 24.1 Å². The highest BCUT2D eigenvalue weighted by molar-refractivity contribution is 9.10. The van der Waals surface area contributed by atoms with Crippen LogP contribution >= 0.6 is 15.9 Å². The van der Waals surface area contributed by atoms with Crippen LogP contribution in [-0.2, 0) is 6.54 Å². The summed E-state index contributed by atoms with van der Waals surface area (Å²) in [5.74, 6) is 0.948. The number of halogens is 1. The van der Waals surface area contributed by atoms with E-state index in [0.717, 1.165) is 10.0 Å². The molecule has 2 aromatic rings. The van der Waals surface area contributed by atoms with Crippen molar-refractivity contribution in [3.63, 3.8) is 0 Å². The van der Waals surface area contributed by atoms with Gasteiger partial charge in [-0.15, -0.1) is 0 Å². The molecule has 1 aromatic heterocycles. The monoisotopic (exact) mass is 441 g/mol. The van der Waals surface area contributed by atoms with Gasteiger partial charge in [-0.05, 0) is 48.8 Å². The molecule has 27 heavy (non-hydrogen) atoms. The van der Waals surface area contributed by atoms with Gasteiger partial charge < -0.3 is 25.8 Å². The van der Waals surface area contributed by atoms with E-state index in [9.17, 15) is 4.79 Å². The van der Waals surface area contributed by atoms with Gasteiger partial charge in [-0.25, -0.2) is 4.63 Å². The van der Waals surface area contributed by atoms with Crippen LogP contribution in [0, 0.1) is 0 Å². The highest BCUT2D eigenvalue weighted by Gasteiger charge is 2.15. The molecule has 1 aromatic carbocycles. The number of ether oxygens (including phenoxy) is 2. The molecule has 0 aliphatic carbocycles. The lowest BCUT2D eigenvalue weighted by Gasteiger charge is -2.17. The van der Waals surface area contributed by atoms with E-state index in [2.05, 4.69) is 41.5 Å². The average Bonchev–Trinajstić information content (AvgIpc) is 3.03. The quantitative estimate of drug-likeness (QED) is 0.478. The Labute approximate surface area is 166 Å². The number of hydrogen-bond acceptors (Lipinski definition) is 8. The van der Waals surface area contributed by atoms with Crippen molar-refractivity contribution in [1.82, 2.24) is 20.9 Å². The Kier molecular flexibility index (Phi) is 7.86. The molecule has 0 fully saturated rings. The fraction of sp³-hybridized carbons (Fsp3) is 0.471. The van der Waals surface area contributed by atoms with Gasteiger partial charge >= 0.3 is 0 Å². The van der Waals surface area contributed by atoms with Crippen LogP contribution in [0.1, 0.15) is 36.8 Å². The summed E-state index contributed by atoms with van der Waals surface area (Å²) < 4.78 is 16.8. The van der Waals surface area contributed by atoms with E-state index in [4.69, 9.17) is 15.2 Å². The van der Waals surface area contributed by atoms with Gasteiger partial charge in [-0.2, -0.15) is 0 Å². The van der Waals surface area contributed by atoms with Crippen LogP contribution in [0.2, 0.25) is 0 Å². The number of rotatable bonds is 10. The van der Waals surface area contributed by atoms with Gasteiger partial charge in [-0.1, -0.05) is 15.9 Å². The van der Waals surface area contributed by atoms with Gasteiger partial charge in [0.1, 0.15) is 0 Å². The summed E-state index contributed by atoms with van der Waals surface area (Å²) in [5.41, 5.74) is 6.48. The van der Waals surface area contributed by atoms with Gasteiger partial charge in [0.05, 0.1) is 12.7 Å². The summed E-state index contributed by atoms with van der Waals surface area (Å²) >= 11 is 3.56. The molecule has 0 atom stereocenters. The van der Waals surface area contributed by atoms with Crippen LogP contribution in [0.5, 0.6) is 11.5 Å². The zero-order valence-electron chi connectivity index (χ0n) is 15.5. The fourth-order valence-corrected chi connectivity index (χ4v) is 2.71. The molecule has 148 valence electrons. The average molecular weight is 442 g/mol. The number of carbonyl (C=O) groups is 1. The molecule has 10 heteroatoms. The van der Waals surface area contributed by atoms with Crippen LogP contribution in [0.25, 0.3) is 0 Å². The first-order chi connectivity index (χ1) is 12.9. The number of hydrogen-bond donors (Lipinski definition) is 3. The summed E-state index contributed by atoms with van der Waals surface area (Å²) in [6.45, 7) is 7.96. The highest BCUT2D eigenvalue weighted by Crippen LogP contribution is 2.34. The minimum absolute atomic E-state index is 0.0140. The molecule has 9 nitrogen and oxygen atoms in total. The molecule has 0 aliphatic heterocycles. The van der Waals surface area contributed by atoms with E-state index >= 15 is 0 Å². The summed E-state index contributed by atoms with van der Waals surface area (Å²) in [5, 5.41) is 12.8. The topological polar surface area (TPSA) is 125 Å². The van der Waals surface area contributed by atoms with Crippen LogP contribution in [-0.4, -0.2) is 42.0 Å². The first-order valence-corrected chi connectivity index (χ1v) is 9.40. The molecule has 1 amide bonds. The lowest BCUT2D eigenvalue weighted by atomic mass is 10.2. The highest BCUT2D eigenvalue weighted by atomic mass is 79.9. The maximum absolute atomic E-state index is 11.8. The first kappa shape index (κ1) is 21.0. The van der Waals surface area contributed by atoms with Crippen molar-refractivity contribution in [3.8, 4) is 11.5 Å². The summed E-state index contributed by atoms with van der Waals surface area (Å²) in [6, 6.07) is 3.85. The number of aromatic nitrogens is 2. The summed E-state index contributed by atoms with van der Waals surface area (Å²) in [4.78, 5) is 11.8. The molecule has 0 bridgehead atoms. The number of carbonyl (C=O) groups excluding carboxylic acids is 1. The number of anilines is 1. The van der Waals surface area contributed by atoms with Crippen molar-refractivity contribution in [1.29, 1.82) is 0 Å². The fourth-order valence-electron chi connectivity index (χ4n) is 2.25. The third-order valence-corrected chi connectivity index (χ3v) is 4.15. The number of nitrogens with zero attached hydrogens (tertiary/aromatic N) is 2. The molecular formula is C17H24BrN5O4. The molecule has 1 heterocycles. The van der Waals surface area contributed by atoms with Gasteiger partial charge in [0.25, 0.3) is 5.91 Å². The number of nitrogen functional groups attached to an aromatic ring is 1. The molecule has 0 spiro atoms. The number of nitrogens with two attached hydrogens (primary N) is 1. The normalized spacial score (nSPS) is 10.9. The van der Waals surface area contributed by atoms with Crippen LogP contribution in [0.4, 0.5) is 5.82 Å². The Hall–Kier alpha value is -2.33. The molecule has 0 aliphatic rings. The lowest BCUT2D eigenvalue weighted by molar-refractivity contribution is 0.0944. The molecule has 0 saturated carbocycles. The van der Waals surface area contributed by atoms with E-state index in [1.165, 1.54) is 0 Å². The van der Waals surface area contributed by atoms with Gasteiger partial charge in [-0.3, -0.25) is 4.79 Å². The maximum Gasteiger partial charge on any atom is 0.277 e. The van der Waals surface area contributed by atoms with Gasteiger partial charge in [0.15, 0.2) is 11.5 Å². The van der Waals surface area contributed by atoms with Crippen molar-refractivity contribution in [3.05, 3.63) is 27.9 Å². The largest absolute Gasteiger partial charge is 0.490 e. The Balaban J connectivity index is 1.87. The second-order valence-electron chi connectivity index (χ2n) is 5.92. The standard InChI is InChI=1S/C17H24BrN5O4/c1-4-25-13-7-11(12(18)8-14(13)26-10(2)3)9-20-5-6-21-17(24)15-16(19)23-27-22-15/h7-8,10,20H,4-6,9H2,1-3H3,(H2,19,23)(H,21,24). The number of benzene rings is 1. The zero-order valence-corrected chi connectivity index (χ0v) is 17.1. The van der Waals surface area contributed by atoms with Crippen LogP contribution in [0.3, 0.4) is 0 Å². The smallest absolute Gasteiger partial charge is 0.277 e. The first-order valence-electron chi connectivity index (χ1n) is 8.61. The Morgan fingerprint density at radius 1 is 1.30 bits per heavy atom. The number of nitrogens with one attached hydrogen (secondary N) is 2. The molecule has 4 N–H and O–H groups in total. The van der Waals surface area contributed by atoms with E-state index in [1.807, 2.05) is 32.9 Å². The second kappa shape index (κ2) is 10.1. The van der Waals surface area contributed by atoms with E-state index in [-0.39, 0.29) is 17.6 Å². The Bertz CT molecular complexity index is 766. The maximum atomic E-state index is 11.8. The third-order valence-electron chi connectivity index (χ3n) is 3.41. The van der Waals surface area contributed by atoms with Gasteiger partial charge in [0.2, 0.25) is 11.5 Å². The summed E-state index contributed by atoms with van der Waals surface area (Å²) in [7, 11) is 0. The van der Waals surface area contributed by atoms with Crippen molar-refractivity contribution in [2.75, 3.05) is 25.4 Å². The van der Waals surface area contributed by atoms with Crippen molar-refractivity contribution in [2.24, 2.45) is 0 Å². The zero-order chi connectivity index (χ0) is 19.8. The minimum atomic E-state index is -0.425. The molecule has 0 saturated heterocycles. The predicted octanol–water partition coefficient (Wildman–Crippen LogP) is 2.12. The SMILES string of the molecule is CCOc1cc(CNCCNC(=O)c2nonc2N)c(Br)cc1OC(C)C. The second-order valence-corrected chi connectivity index (χ2v) is 6.78. The Morgan fingerprint density at radius 2 is 2.07 bits per heavy atom. The Morgan fingerprint density at radius 3 is 2.70 bits per heavy atom. The van der Waals surface area contributed by atoms with E-state index < -0.39 is 5.91 Å². The molecular weight excluding hydrogens is 418 g/mol. The lowest BCUT2D eigenvalue weighted by Crippen LogP contribution is -2.32. The third kappa shape index (κ3) is 6.10.